The van der Waals surface area contributed by atoms with Crippen LogP contribution in [-0.4, -0.2) is 20.2 Å². The van der Waals surface area contributed by atoms with Crippen molar-refractivity contribution in [3.05, 3.63) is 28.2 Å². The molecule has 1 rings (SSSR count). The van der Waals surface area contributed by atoms with E-state index < -0.39 is 15.3 Å². The third kappa shape index (κ3) is 3.69. The van der Waals surface area contributed by atoms with Crippen LogP contribution in [0.4, 0.5) is 5.69 Å². The highest BCUT2D eigenvalue weighted by atomic mass is 79.9. The zero-order valence-corrected chi connectivity index (χ0v) is 12.3. The van der Waals surface area contributed by atoms with Crippen molar-refractivity contribution >= 4 is 31.6 Å². The van der Waals surface area contributed by atoms with Gasteiger partial charge in [0.05, 0.1) is 10.9 Å². The van der Waals surface area contributed by atoms with Crippen molar-refractivity contribution < 1.29 is 8.42 Å². The maximum absolute atomic E-state index is 11.9. The number of hydrogen-bond donors (Lipinski definition) is 2. The lowest BCUT2D eigenvalue weighted by Crippen LogP contribution is -2.31. The Bertz CT molecular complexity index is 488. The average Bonchev–Trinajstić information content (AvgIpc) is 2.30. The van der Waals surface area contributed by atoms with Gasteiger partial charge in [0.1, 0.15) is 0 Å². The van der Waals surface area contributed by atoms with Gasteiger partial charge in [-0.25, -0.2) is 8.42 Å². The number of halogens is 1. The number of anilines is 1. The summed E-state index contributed by atoms with van der Waals surface area (Å²) in [5, 5.41) is -0.601. The molecule has 4 nitrogen and oxygen atoms in total. The molecule has 0 radical (unpaired) electrons. The predicted octanol–water partition coefficient (Wildman–Crippen LogP) is 2.10. The molecular formula is C11H17BrN2O2S. The number of sulfonamides is 1. The summed E-state index contributed by atoms with van der Waals surface area (Å²) in [7, 11) is -3.40. The standard InChI is InChI=1S/C11H17BrN2O2S/c1-3-9-6-10(12)4-5-11(9)14-17(15,16)8(2)7-13/h4-6,8,14H,3,7,13H2,1-2H3. The van der Waals surface area contributed by atoms with Crippen molar-refractivity contribution in [3.8, 4) is 0 Å². The lowest BCUT2D eigenvalue weighted by Gasteiger charge is -2.15. The highest BCUT2D eigenvalue weighted by molar-refractivity contribution is 9.10. The van der Waals surface area contributed by atoms with Gasteiger partial charge in [0.15, 0.2) is 0 Å². The molecular weight excluding hydrogens is 304 g/mol. The number of rotatable bonds is 5. The fourth-order valence-electron chi connectivity index (χ4n) is 1.33. The monoisotopic (exact) mass is 320 g/mol. The Labute approximate surface area is 111 Å². The van der Waals surface area contributed by atoms with Crippen molar-refractivity contribution in [2.45, 2.75) is 25.5 Å². The number of nitrogens with two attached hydrogens (primary N) is 1. The van der Waals surface area contributed by atoms with Gasteiger partial charge in [0.2, 0.25) is 10.0 Å². The summed E-state index contributed by atoms with van der Waals surface area (Å²) in [5.74, 6) is 0. The van der Waals surface area contributed by atoms with Crippen molar-refractivity contribution in [1.29, 1.82) is 0 Å². The van der Waals surface area contributed by atoms with E-state index in [1.165, 1.54) is 0 Å². The first-order valence-corrected chi connectivity index (χ1v) is 7.74. The summed E-state index contributed by atoms with van der Waals surface area (Å²) in [6.07, 6.45) is 0.758. The first-order valence-electron chi connectivity index (χ1n) is 5.40. The van der Waals surface area contributed by atoms with Crippen LogP contribution >= 0.6 is 15.9 Å². The van der Waals surface area contributed by atoms with E-state index in [1.54, 1.807) is 13.0 Å². The Balaban J connectivity index is 3.03. The van der Waals surface area contributed by atoms with Gasteiger partial charge in [-0.15, -0.1) is 0 Å². The molecule has 0 spiro atoms. The third-order valence-electron chi connectivity index (χ3n) is 2.56. The van der Waals surface area contributed by atoms with E-state index in [-0.39, 0.29) is 6.54 Å². The topological polar surface area (TPSA) is 72.2 Å². The van der Waals surface area contributed by atoms with E-state index >= 15 is 0 Å². The molecule has 0 heterocycles. The van der Waals surface area contributed by atoms with Gasteiger partial charge >= 0.3 is 0 Å². The van der Waals surface area contributed by atoms with Crippen LogP contribution in [-0.2, 0) is 16.4 Å². The molecule has 6 heteroatoms. The third-order valence-corrected chi connectivity index (χ3v) is 4.81. The van der Waals surface area contributed by atoms with Crippen LogP contribution in [0, 0.1) is 0 Å². The minimum Gasteiger partial charge on any atom is -0.329 e. The normalized spacial score (nSPS) is 13.4. The SMILES string of the molecule is CCc1cc(Br)ccc1NS(=O)(=O)C(C)CN. The van der Waals surface area contributed by atoms with Crippen LogP contribution in [0.3, 0.4) is 0 Å². The maximum Gasteiger partial charge on any atom is 0.236 e. The van der Waals surface area contributed by atoms with E-state index in [9.17, 15) is 8.42 Å². The summed E-state index contributed by atoms with van der Waals surface area (Å²) >= 11 is 3.36. The van der Waals surface area contributed by atoms with Gasteiger partial charge in [0.25, 0.3) is 0 Å². The molecule has 1 atom stereocenters. The van der Waals surface area contributed by atoms with Crippen LogP contribution in [0.25, 0.3) is 0 Å². The Hall–Kier alpha value is -0.590. The molecule has 0 saturated heterocycles. The van der Waals surface area contributed by atoms with Crippen LogP contribution in [0.1, 0.15) is 19.4 Å². The lowest BCUT2D eigenvalue weighted by atomic mass is 10.1. The Morgan fingerprint density at radius 3 is 2.65 bits per heavy atom. The lowest BCUT2D eigenvalue weighted by molar-refractivity contribution is 0.589. The number of aryl methyl sites for hydroxylation is 1. The number of benzene rings is 1. The molecule has 96 valence electrons. The molecule has 0 saturated carbocycles. The molecule has 0 bridgehead atoms. The van der Waals surface area contributed by atoms with E-state index in [0.717, 1.165) is 16.5 Å². The molecule has 1 aromatic rings. The van der Waals surface area contributed by atoms with Crippen molar-refractivity contribution in [2.24, 2.45) is 5.73 Å². The molecule has 1 unspecified atom stereocenters. The van der Waals surface area contributed by atoms with Crippen molar-refractivity contribution in [3.63, 3.8) is 0 Å². The van der Waals surface area contributed by atoms with Crippen molar-refractivity contribution in [2.75, 3.05) is 11.3 Å². The summed E-state index contributed by atoms with van der Waals surface area (Å²) < 4.78 is 27.3. The van der Waals surface area contributed by atoms with Crippen LogP contribution in [0.5, 0.6) is 0 Å². The smallest absolute Gasteiger partial charge is 0.236 e. The van der Waals surface area contributed by atoms with Gasteiger partial charge in [-0.2, -0.15) is 0 Å². The second kappa shape index (κ2) is 5.84. The molecule has 1 aromatic carbocycles. The van der Waals surface area contributed by atoms with Gasteiger partial charge in [-0.1, -0.05) is 22.9 Å². The highest BCUT2D eigenvalue weighted by Gasteiger charge is 2.19. The quantitative estimate of drug-likeness (QED) is 0.872. The van der Waals surface area contributed by atoms with Crippen LogP contribution in [0.2, 0.25) is 0 Å². The molecule has 0 aliphatic heterocycles. The second-order valence-corrected chi connectivity index (χ2v) is 6.86. The first kappa shape index (κ1) is 14.5. The average molecular weight is 321 g/mol. The summed E-state index contributed by atoms with van der Waals surface area (Å²) in [6, 6.07) is 5.47. The van der Waals surface area contributed by atoms with Gasteiger partial charge in [0, 0.05) is 11.0 Å². The number of hydrogen-bond acceptors (Lipinski definition) is 3. The molecule has 0 aliphatic carbocycles. The summed E-state index contributed by atoms with van der Waals surface area (Å²) in [6.45, 7) is 3.67. The Morgan fingerprint density at radius 2 is 2.12 bits per heavy atom. The fourth-order valence-corrected chi connectivity index (χ4v) is 2.70. The second-order valence-electron chi connectivity index (χ2n) is 3.85. The number of nitrogens with one attached hydrogen (secondary N) is 1. The maximum atomic E-state index is 11.9. The van der Waals surface area contributed by atoms with Gasteiger partial charge in [-0.05, 0) is 37.1 Å². The van der Waals surface area contributed by atoms with E-state index in [4.69, 9.17) is 5.73 Å². The summed E-state index contributed by atoms with van der Waals surface area (Å²) in [4.78, 5) is 0. The predicted molar refractivity (Wildman–Crippen MR) is 74.6 cm³/mol. The molecule has 17 heavy (non-hydrogen) atoms. The van der Waals surface area contributed by atoms with Gasteiger partial charge < -0.3 is 5.73 Å². The fraction of sp³-hybridized carbons (Fsp3) is 0.455. The zero-order chi connectivity index (χ0) is 13.1. The molecule has 0 amide bonds. The van der Waals surface area contributed by atoms with Gasteiger partial charge in [-0.3, -0.25) is 4.72 Å². The highest BCUT2D eigenvalue weighted by Crippen LogP contribution is 2.23. The zero-order valence-electron chi connectivity index (χ0n) is 9.90. The van der Waals surface area contributed by atoms with Crippen molar-refractivity contribution in [1.82, 2.24) is 0 Å². The van der Waals surface area contributed by atoms with E-state index in [1.807, 2.05) is 19.1 Å². The molecule has 0 aromatic heterocycles. The largest absolute Gasteiger partial charge is 0.329 e. The van der Waals surface area contributed by atoms with Crippen LogP contribution < -0.4 is 10.5 Å². The minimum absolute atomic E-state index is 0.104. The molecule has 3 N–H and O–H groups in total. The van der Waals surface area contributed by atoms with E-state index in [0.29, 0.717) is 5.69 Å². The Kier molecular flexibility index (Phi) is 4.97. The van der Waals surface area contributed by atoms with Crippen LogP contribution in [0.15, 0.2) is 22.7 Å². The minimum atomic E-state index is -3.40. The molecule has 0 aliphatic rings. The summed E-state index contributed by atoms with van der Waals surface area (Å²) in [5.41, 5.74) is 6.95. The Morgan fingerprint density at radius 1 is 1.47 bits per heavy atom. The first-order chi connectivity index (χ1) is 7.90. The molecule has 0 fully saturated rings. The van der Waals surface area contributed by atoms with E-state index in [2.05, 4.69) is 20.7 Å².